The van der Waals surface area contributed by atoms with Crippen LogP contribution in [0.2, 0.25) is 0 Å². The average Bonchev–Trinajstić information content (AvgIpc) is 3.51. The first-order valence-electron chi connectivity index (χ1n) is 13.4. The molecule has 2 atom stereocenters. The van der Waals surface area contributed by atoms with Crippen LogP contribution in [0.25, 0.3) is 0 Å². The van der Waals surface area contributed by atoms with Gasteiger partial charge in [-0.25, -0.2) is 9.47 Å². The highest BCUT2D eigenvalue weighted by molar-refractivity contribution is 7.54. The fourth-order valence-corrected chi connectivity index (χ4v) is 6.37. The molecule has 2 aliphatic rings. The molecule has 0 fully saturated rings. The number of aromatic amines is 1. The molecule has 0 spiro atoms. The van der Waals surface area contributed by atoms with Gasteiger partial charge in [-0.2, -0.15) is 18.3 Å². The van der Waals surface area contributed by atoms with E-state index < -0.39 is 36.3 Å². The van der Waals surface area contributed by atoms with Crippen molar-refractivity contribution in [3.8, 4) is 0 Å². The van der Waals surface area contributed by atoms with Crippen LogP contribution in [0, 0.1) is 0 Å². The number of hydrogen-bond acceptors (Lipinski definition) is 8. The number of nitrogens with one attached hydrogen (secondary N) is 4. The number of rotatable bonds is 11. The molecule has 0 radical (unpaired) electrons. The number of aromatic nitrogens is 3. The summed E-state index contributed by atoms with van der Waals surface area (Å²) in [5.74, 6) is -1.73. The Morgan fingerprint density at radius 2 is 2.05 bits per heavy atom. The fraction of sp³-hybridized carbons (Fsp3) is 0.370. The number of pyridine rings is 1. The molecule has 7 N–H and O–H groups in total. The van der Waals surface area contributed by atoms with Crippen molar-refractivity contribution in [2.24, 2.45) is 0 Å². The number of nitrogens with zero attached hydrogens (tertiary/aromatic N) is 3. The van der Waals surface area contributed by atoms with E-state index in [1.54, 1.807) is 25.3 Å². The Kier molecular flexibility index (Phi) is 9.42. The second kappa shape index (κ2) is 12.6. The third-order valence-corrected chi connectivity index (χ3v) is 9.00. The summed E-state index contributed by atoms with van der Waals surface area (Å²) in [6.45, 7) is 1.95. The average molecular weight is 641 g/mol. The van der Waals surface area contributed by atoms with E-state index in [9.17, 15) is 37.4 Å². The molecule has 0 aromatic carbocycles. The molecular weight excluding hydrogens is 606 g/mol. The van der Waals surface area contributed by atoms with E-state index in [0.29, 0.717) is 11.3 Å². The molecular formula is C27H34F3N7O6P+. The van der Waals surface area contributed by atoms with Crippen molar-refractivity contribution < 1.29 is 42.2 Å². The van der Waals surface area contributed by atoms with Gasteiger partial charge in [0.05, 0.1) is 25.4 Å². The minimum atomic E-state index is -5.05. The Hall–Kier alpha value is -3.95. The smallest absolute Gasteiger partial charge is 0.419 e. The Labute approximate surface area is 251 Å². The van der Waals surface area contributed by atoms with Gasteiger partial charge in [0.15, 0.2) is 5.69 Å². The lowest BCUT2D eigenvalue weighted by Crippen LogP contribution is -2.55. The van der Waals surface area contributed by atoms with Crippen LogP contribution in [0.3, 0.4) is 0 Å². The van der Waals surface area contributed by atoms with Gasteiger partial charge in [-0.3, -0.25) is 14.5 Å². The molecule has 1 amide bonds. The lowest BCUT2D eigenvalue weighted by molar-refractivity contribution is -0.137. The van der Waals surface area contributed by atoms with Gasteiger partial charge in [-0.15, -0.1) is 0 Å². The molecule has 13 nitrogen and oxygen atoms in total. The molecule has 1 aliphatic carbocycles. The number of methoxy groups -OCH3 is 1. The van der Waals surface area contributed by atoms with Gasteiger partial charge in [-0.1, -0.05) is 11.6 Å². The zero-order valence-corrected chi connectivity index (χ0v) is 25.0. The molecule has 238 valence electrons. The molecule has 44 heavy (non-hydrogen) atoms. The number of anilines is 2. The van der Waals surface area contributed by atoms with Crippen LogP contribution in [-0.2, 0) is 20.3 Å². The molecule has 2 aromatic rings. The lowest BCUT2D eigenvalue weighted by atomic mass is 10.0. The summed E-state index contributed by atoms with van der Waals surface area (Å²) in [6, 6.07) is 1.68. The van der Waals surface area contributed by atoms with E-state index in [0.717, 1.165) is 12.1 Å². The summed E-state index contributed by atoms with van der Waals surface area (Å²) >= 11 is 0. The van der Waals surface area contributed by atoms with E-state index in [1.165, 1.54) is 32.5 Å². The van der Waals surface area contributed by atoms with E-state index in [-0.39, 0.29) is 60.0 Å². The van der Waals surface area contributed by atoms with Gasteiger partial charge in [0.25, 0.3) is 0 Å². The van der Waals surface area contributed by atoms with Crippen molar-refractivity contribution in [3.05, 3.63) is 77.1 Å². The minimum absolute atomic E-state index is 0.0108. The third-order valence-electron chi connectivity index (χ3n) is 7.49. The van der Waals surface area contributed by atoms with Crippen LogP contribution >= 0.6 is 7.60 Å². The summed E-state index contributed by atoms with van der Waals surface area (Å²) < 4.78 is 60.7. The molecule has 0 saturated carbocycles. The van der Waals surface area contributed by atoms with Crippen LogP contribution in [0.4, 0.5) is 30.5 Å². The number of hydrogen-bond donors (Lipinski definition) is 7. The molecule has 4 rings (SSSR count). The number of alkyl halides is 3. The number of carbonyl (C=O) groups is 1. The second-order valence-corrected chi connectivity index (χ2v) is 12.1. The van der Waals surface area contributed by atoms with Crippen molar-refractivity contribution in [2.75, 3.05) is 44.5 Å². The van der Waals surface area contributed by atoms with Gasteiger partial charge in [0, 0.05) is 26.5 Å². The monoisotopic (exact) mass is 640 g/mol. The topological polar surface area (TPSA) is 182 Å². The molecule has 0 bridgehead atoms. The number of carbonyl (C=O) groups excluding carboxylic acids is 1. The first kappa shape index (κ1) is 33.0. The van der Waals surface area contributed by atoms with E-state index in [2.05, 4.69) is 31.1 Å². The first-order valence-corrected chi connectivity index (χ1v) is 15.1. The van der Waals surface area contributed by atoms with E-state index >= 15 is 0 Å². The minimum Gasteiger partial charge on any atom is -0.498 e. The van der Waals surface area contributed by atoms with Gasteiger partial charge in [0.1, 0.15) is 35.8 Å². The quantitative estimate of drug-likeness (QED) is 0.142. The maximum atomic E-state index is 14.3. The third kappa shape index (κ3) is 6.16. The van der Waals surface area contributed by atoms with Crippen LogP contribution in [0.15, 0.2) is 71.6 Å². The predicted octanol–water partition coefficient (Wildman–Crippen LogP) is 3.32. The number of aliphatic hydroxyl groups excluding tert-OH is 1. The van der Waals surface area contributed by atoms with Gasteiger partial charge in [0.2, 0.25) is 11.0 Å². The standard InChI is InChI=1S/C27H33F3N7O6P/c1-17-9-10-26(44(40,41)42,21(14-17)43-3)36-22-8-7-19(27(28,29)30)24(35-22)34-20-6-4-11-37(12-5-13-38,18-15-32-33-16-18)23(20)25(39)31-2/h4,6-9,14-16,38H,5,10-13H2,1-3H3,(H5-,31,32,33,34,35,36,39,40,41,42)/p+1. The molecule has 2 aromatic heterocycles. The number of likely N-dealkylation sites (N-methyl/N-ethyl adjacent to an activating group) is 1. The number of quaternary nitrogens is 1. The van der Waals surface area contributed by atoms with Crippen molar-refractivity contribution in [2.45, 2.75) is 31.2 Å². The SMILES string of the molecule is CNC(=O)C1=C(Nc2nc(NC3(P(=O)(O)O)CC=C(C)C=C3OC)ccc2C(F)(F)F)C=CC[N+]1(CCCO)c1cn[nH]c1. The first-order chi connectivity index (χ1) is 20.7. The van der Waals surface area contributed by atoms with Gasteiger partial charge < -0.3 is 35.6 Å². The predicted molar refractivity (Wildman–Crippen MR) is 157 cm³/mol. The number of H-pyrrole nitrogens is 1. The summed E-state index contributed by atoms with van der Waals surface area (Å²) in [7, 11) is -2.44. The molecule has 3 heterocycles. The second-order valence-electron chi connectivity index (χ2n) is 10.3. The summed E-state index contributed by atoms with van der Waals surface area (Å²) in [5, 5.41) is 22.0. The highest BCUT2D eigenvalue weighted by atomic mass is 31.2. The number of amides is 1. The van der Waals surface area contributed by atoms with Crippen molar-refractivity contribution >= 4 is 30.8 Å². The largest absolute Gasteiger partial charge is 0.498 e. The summed E-state index contributed by atoms with van der Waals surface area (Å²) in [4.78, 5) is 38.3. The number of ether oxygens (including phenoxy) is 1. The van der Waals surface area contributed by atoms with E-state index in [4.69, 9.17) is 4.74 Å². The zero-order valence-electron chi connectivity index (χ0n) is 24.1. The Bertz CT molecular complexity index is 1570. The van der Waals surface area contributed by atoms with Crippen molar-refractivity contribution in [1.82, 2.24) is 25.0 Å². The number of aliphatic hydroxyl groups is 1. The van der Waals surface area contributed by atoms with E-state index in [1.807, 2.05) is 0 Å². The highest BCUT2D eigenvalue weighted by Gasteiger charge is 2.52. The van der Waals surface area contributed by atoms with Gasteiger partial charge in [-0.05, 0) is 37.3 Å². The highest BCUT2D eigenvalue weighted by Crippen LogP contribution is 2.58. The molecule has 0 saturated heterocycles. The molecule has 1 aliphatic heterocycles. The molecule has 2 unspecified atom stereocenters. The van der Waals surface area contributed by atoms with Crippen LogP contribution in [-0.4, -0.2) is 75.1 Å². The lowest BCUT2D eigenvalue weighted by Gasteiger charge is -2.39. The van der Waals surface area contributed by atoms with Gasteiger partial charge >= 0.3 is 19.7 Å². The Morgan fingerprint density at radius 3 is 2.64 bits per heavy atom. The van der Waals surface area contributed by atoms with Crippen molar-refractivity contribution in [3.63, 3.8) is 0 Å². The Balaban J connectivity index is 1.88. The van der Waals surface area contributed by atoms with Crippen molar-refractivity contribution in [1.29, 1.82) is 0 Å². The number of allylic oxidation sites excluding steroid dienone is 3. The Morgan fingerprint density at radius 1 is 1.30 bits per heavy atom. The molecule has 17 heteroatoms. The fourth-order valence-electron chi connectivity index (χ4n) is 5.34. The maximum absolute atomic E-state index is 14.3. The van der Waals surface area contributed by atoms with Crippen LogP contribution < -0.4 is 20.4 Å². The van der Waals surface area contributed by atoms with Crippen LogP contribution in [0.1, 0.15) is 25.3 Å². The zero-order chi connectivity index (χ0) is 32.3. The van der Waals surface area contributed by atoms with Crippen LogP contribution in [0.5, 0.6) is 0 Å². The normalized spacial score (nSPS) is 22.3. The maximum Gasteiger partial charge on any atom is 0.419 e. The summed E-state index contributed by atoms with van der Waals surface area (Å²) in [5.41, 5.74) is 0.0529. The summed E-state index contributed by atoms with van der Waals surface area (Å²) in [6.07, 6.45) is 4.29. The number of halogens is 3.